The van der Waals surface area contributed by atoms with Crippen LogP contribution in [0.25, 0.3) is 0 Å². The van der Waals surface area contributed by atoms with Crippen molar-refractivity contribution in [2.24, 2.45) is 5.16 Å². The summed E-state index contributed by atoms with van der Waals surface area (Å²) < 4.78 is 42.8. The van der Waals surface area contributed by atoms with E-state index in [1.807, 2.05) is 6.92 Å². The minimum atomic E-state index is -4.80. The Kier molecular flexibility index (Phi) is 6.99. The van der Waals surface area contributed by atoms with E-state index in [0.717, 1.165) is 5.56 Å². The maximum absolute atomic E-state index is 14.3. The van der Waals surface area contributed by atoms with Crippen molar-refractivity contribution in [1.82, 2.24) is 9.97 Å². The zero-order chi connectivity index (χ0) is 26.3. The number of rotatable bonds is 5. The van der Waals surface area contributed by atoms with Crippen LogP contribution in [0.15, 0.2) is 53.9 Å². The molecule has 1 aliphatic rings. The van der Waals surface area contributed by atoms with Gasteiger partial charge in [0, 0.05) is 46.5 Å². The highest BCUT2D eigenvalue weighted by molar-refractivity contribution is 6.34. The molecule has 1 amide bonds. The summed E-state index contributed by atoms with van der Waals surface area (Å²) in [7, 11) is 0. The van der Waals surface area contributed by atoms with Gasteiger partial charge in [0.1, 0.15) is 0 Å². The molecule has 188 valence electrons. The summed E-state index contributed by atoms with van der Waals surface area (Å²) >= 11 is 11.9. The van der Waals surface area contributed by atoms with Crippen LogP contribution in [0.4, 0.5) is 19.1 Å². The van der Waals surface area contributed by atoms with Crippen molar-refractivity contribution >= 4 is 40.8 Å². The summed E-state index contributed by atoms with van der Waals surface area (Å²) in [5.41, 5.74) is -0.711. The Bertz CT molecular complexity index is 1330. The van der Waals surface area contributed by atoms with Crippen molar-refractivity contribution in [3.8, 4) is 0 Å². The second kappa shape index (κ2) is 9.71. The first kappa shape index (κ1) is 25.9. The molecule has 1 aliphatic heterocycles. The fourth-order valence-corrected chi connectivity index (χ4v) is 4.50. The van der Waals surface area contributed by atoms with Crippen LogP contribution in [0, 0.1) is 13.8 Å². The topological polar surface area (TPSA) is 67.7 Å². The third-order valence-corrected chi connectivity index (χ3v) is 6.31. The van der Waals surface area contributed by atoms with Crippen molar-refractivity contribution in [3.63, 3.8) is 0 Å². The first-order valence-electron chi connectivity index (χ1n) is 10.9. The smallest absolute Gasteiger partial charge is 0.374 e. The zero-order valence-electron chi connectivity index (χ0n) is 19.5. The van der Waals surface area contributed by atoms with Gasteiger partial charge in [0.15, 0.2) is 0 Å². The van der Waals surface area contributed by atoms with E-state index in [4.69, 9.17) is 28.0 Å². The standard InChI is InChI=1S/C25H21Cl2F3N4O2/c1-4-34(23-31-12-14(2)13-32-23)22(35)20-6-5-16(7-15(20)3)21-11-24(36-33-21,25(28,29)30)17-8-18(26)10-19(27)9-17/h5-10,12-13H,4,11H2,1-3H3. The van der Waals surface area contributed by atoms with E-state index in [-0.39, 0.29) is 33.2 Å². The molecule has 2 aromatic carbocycles. The number of aromatic nitrogens is 2. The lowest BCUT2D eigenvalue weighted by Gasteiger charge is -2.29. The quantitative estimate of drug-likeness (QED) is 0.366. The number of amides is 1. The molecule has 0 spiro atoms. The van der Waals surface area contributed by atoms with E-state index in [0.29, 0.717) is 23.2 Å². The molecule has 36 heavy (non-hydrogen) atoms. The number of carbonyl (C=O) groups is 1. The van der Waals surface area contributed by atoms with E-state index >= 15 is 0 Å². The summed E-state index contributed by atoms with van der Waals surface area (Å²) in [6.45, 7) is 5.67. The number of oxime groups is 1. The number of anilines is 1. The van der Waals surface area contributed by atoms with Crippen molar-refractivity contribution in [2.45, 2.75) is 39.0 Å². The predicted octanol–water partition coefficient (Wildman–Crippen LogP) is 6.65. The van der Waals surface area contributed by atoms with Crippen LogP contribution >= 0.6 is 23.2 Å². The number of nitrogens with zero attached hydrogens (tertiary/aromatic N) is 4. The van der Waals surface area contributed by atoms with Crippen LogP contribution in [-0.2, 0) is 10.4 Å². The highest BCUT2D eigenvalue weighted by Gasteiger charge is 2.62. The Morgan fingerprint density at radius 2 is 1.72 bits per heavy atom. The minimum absolute atomic E-state index is 0.0509. The number of halogens is 5. The Hall–Kier alpha value is -3.17. The highest BCUT2D eigenvalue weighted by Crippen LogP contribution is 2.49. The number of aryl methyl sites for hydroxylation is 2. The van der Waals surface area contributed by atoms with Gasteiger partial charge in [-0.05, 0) is 67.8 Å². The highest BCUT2D eigenvalue weighted by atomic mass is 35.5. The van der Waals surface area contributed by atoms with Crippen LogP contribution in [0.5, 0.6) is 0 Å². The van der Waals surface area contributed by atoms with Gasteiger partial charge in [0.05, 0.1) is 5.71 Å². The van der Waals surface area contributed by atoms with Crippen LogP contribution in [0.3, 0.4) is 0 Å². The van der Waals surface area contributed by atoms with Gasteiger partial charge in [0.25, 0.3) is 11.5 Å². The largest absolute Gasteiger partial charge is 0.435 e. The Balaban J connectivity index is 1.63. The molecule has 4 rings (SSSR count). The molecule has 0 bridgehead atoms. The summed E-state index contributed by atoms with van der Waals surface area (Å²) in [4.78, 5) is 28.1. The second-order valence-corrected chi connectivity index (χ2v) is 9.30. The molecule has 1 aromatic heterocycles. The van der Waals surface area contributed by atoms with Gasteiger partial charge in [-0.3, -0.25) is 9.69 Å². The second-order valence-electron chi connectivity index (χ2n) is 8.43. The van der Waals surface area contributed by atoms with E-state index in [1.54, 1.807) is 44.4 Å². The third kappa shape index (κ3) is 4.77. The molecule has 0 fully saturated rings. The molecule has 1 unspecified atom stereocenters. The molecule has 0 aliphatic carbocycles. The maximum Gasteiger partial charge on any atom is 0.435 e. The average molecular weight is 537 g/mol. The summed E-state index contributed by atoms with van der Waals surface area (Å²) in [6.07, 6.45) is -2.15. The van der Waals surface area contributed by atoms with E-state index < -0.39 is 18.2 Å². The molecular weight excluding hydrogens is 516 g/mol. The molecule has 0 saturated heterocycles. The van der Waals surface area contributed by atoms with Gasteiger partial charge in [0.2, 0.25) is 5.95 Å². The fraction of sp³-hybridized carbons (Fsp3) is 0.280. The molecular formula is C25H21Cl2F3N4O2. The zero-order valence-corrected chi connectivity index (χ0v) is 21.0. The number of hydrogen-bond acceptors (Lipinski definition) is 5. The van der Waals surface area contributed by atoms with Gasteiger partial charge >= 0.3 is 6.18 Å². The van der Waals surface area contributed by atoms with Gasteiger partial charge in [-0.15, -0.1) is 0 Å². The van der Waals surface area contributed by atoms with Gasteiger partial charge in [-0.25, -0.2) is 9.97 Å². The average Bonchev–Trinajstić information content (AvgIpc) is 3.27. The molecule has 1 atom stereocenters. The van der Waals surface area contributed by atoms with Gasteiger partial charge < -0.3 is 4.84 Å². The van der Waals surface area contributed by atoms with Gasteiger partial charge in [-0.2, -0.15) is 13.2 Å². The third-order valence-electron chi connectivity index (χ3n) is 5.87. The normalized spacial score (nSPS) is 17.5. The molecule has 0 radical (unpaired) electrons. The van der Waals surface area contributed by atoms with E-state index in [1.165, 1.54) is 23.1 Å². The SMILES string of the molecule is CCN(C(=O)c1ccc(C2=NOC(c3cc(Cl)cc(Cl)c3)(C(F)(F)F)C2)cc1C)c1ncc(C)cn1. The molecule has 3 aromatic rings. The summed E-state index contributed by atoms with van der Waals surface area (Å²) in [5.74, 6) is -0.0616. The monoisotopic (exact) mass is 536 g/mol. The van der Waals surface area contributed by atoms with Crippen molar-refractivity contribution in [3.05, 3.63) is 86.7 Å². The summed E-state index contributed by atoms with van der Waals surface area (Å²) in [6, 6.07) is 8.38. The number of benzene rings is 2. The number of hydrogen-bond donors (Lipinski definition) is 0. The van der Waals surface area contributed by atoms with E-state index in [2.05, 4.69) is 15.1 Å². The van der Waals surface area contributed by atoms with Crippen molar-refractivity contribution in [2.75, 3.05) is 11.4 Å². The molecule has 2 heterocycles. The molecule has 6 nitrogen and oxygen atoms in total. The van der Waals surface area contributed by atoms with Crippen LogP contribution in [0.1, 0.15) is 46.0 Å². The van der Waals surface area contributed by atoms with Gasteiger partial charge in [-0.1, -0.05) is 34.4 Å². The van der Waals surface area contributed by atoms with Crippen molar-refractivity contribution in [1.29, 1.82) is 0 Å². The van der Waals surface area contributed by atoms with Crippen molar-refractivity contribution < 1.29 is 22.8 Å². The Morgan fingerprint density at radius 3 is 2.28 bits per heavy atom. The minimum Gasteiger partial charge on any atom is -0.374 e. The number of carbonyl (C=O) groups excluding carboxylic acids is 1. The molecule has 11 heteroatoms. The summed E-state index contributed by atoms with van der Waals surface area (Å²) in [5, 5.41) is 3.88. The lowest BCUT2D eigenvalue weighted by Crippen LogP contribution is -2.42. The first-order chi connectivity index (χ1) is 16.9. The van der Waals surface area contributed by atoms with E-state index in [9.17, 15) is 18.0 Å². The Labute approximate surface area is 215 Å². The molecule has 0 saturated carbocycles. The maximum atomic E-state index is 14.3. The van der Waals surface area contributed by atoms with Crippen LogP contribution in [0.2, 0.25) is 10.0 Å². The predicted molar refractivity (Wildman–Crippen MR) is 132 cm³/mol. The number of alkyl halides is 3. The lowest BCUT2D eigenvalue weighted by molar-refractivity contribution is -0.275. The fourth-order valence-electron chi connectivity index (χ4n) is 3.98. The van der Waals surface area contributed by atoms with Crippen LogP contribution < -0.4 is 4.90 Å². The molecule has 0 N–H and O–H groups in total. The first-order valence-corrected chi connectivity index (χ1v) is 11.7. The van der Waals surface area contributed by atoms with Crippen LogP contribution in [-0.4, -0.2) is 34.3 Å². The Morgan fingerprint density at radius 1 is 1.08 bits per heavy atom. The lowest BCUT2D eigenvalue weighted by atomic mass is 9.86.